The number of hydrogen-bond donors (Lipinski definition) is 1. The summed E-state index contributed by atoms with van der Waals surface area (Å²) in [4.78, 5) is 11.9. The quantitative estimate of drug-likeness (QED) is 0.801. The van der Waals surface area contributed by atoms with Crippen molar-refractivity contribution in [3.05, 3.63) is 35.4 Å². The first kappa shape index (κ1) is 11.5. The Hall–Kier alpha value is -1.02. The van der Waals surface area contributed by atoms with Gasteiger partial charge in [0.05, 0.1) is 5.92 Å². The Balaban J connectivity index is 1.94. The summed E-state index contributed by atoms with van der Waals surface area (Å²) in [5.41, 5.74) is 2.48. The molecule has 2 rings (SSSR count). The van der Waals surface area contributed by atoms with Crippen molar-refractivity contribution < 1.29 is 4.79 Å². The van der Waals surface area contributed by atoms with Gasteiger partial charge in [-0.05, 0) is 30.9 Å². The standard InChI is InChI=1S/C13H16ClNO/c1-9(6-7-14)15-13(16)12-8-10-4-2-3-5-11(10)12/h2-5,9,12H,6-8H2,1H3,(H,15,16). The molecule has 0 spiro atoms. The second kappa shape index (κ2) is 4.88. The fourth-order valence-corrected chi connectivity index (χ4v) is 2.40. The van der Waals surface area contributed by atoms with Crippen molar-refractivity contribution in [2.75, 3.05) is 5.88 Å². The van der Waals surface area contributed by atoms with Gasteiger partial charge in [-0.15, -0.1) is 11.6 Å². The molecule has 16 heavy (non-hydrogen) atoms. The maximum Gasteiger partial charge on any atom is 0.228 e. The van der Waals surface area contributed by atoms with Crippen LogP contribution in [0.2, 0.25) is 0 Å². The zero-order valence-electron chi connectivity index (χ0n) is 9.37. The molecule has 0 aliphatic heterocycles. The number of hydrogen-bond acceptors (Lipinski definition) is 1. The largest absolute Gasteiger partial charge is 0.353 e. The third kappa shape index (κ3) is 2.22. The number of halogens is 1. The van der Waals surface area contributed by atoms with E-state index in [1.54, 1.807) is 0 Å². The monoisotopic (exact) mass is 237 g/mol. The lowest BCUT2D eigenvalue weighted by atomic mass is 9.77. The molecule has 1 aromatic carbocycles. The van der Waals surface area contributed by atoms with E-state index in [-0.39, 0.29) is 17.9 Å². The molecule has 0 radical (unpaired) electrons. The number of carbonyl (C=O) groups is 1. The molecule has 1 aliphatic rings. The molecule has 1 amide bonds. The summed E-state index contributed by atoms with van der Waals surface area (Å²) in [6, 6.07) is 8.29. The summed E-state index contributed by atoms with van der Waals surface area (Å²) >= 11 is 5.64. The SMILES string of the molecule is CC(CCCl)NC(=O)C1Cc2ccccc21. The molecule has 0 saturated carbocycles. The van der Waals surface area contributed by atoms with Gasteiger partial charge in [-0.1, -0.05) is 24.3 Å². The molecule has 1 aromatic rings. The normalized spacial score (nSPS) is 19.5. The van der Waals surface area contributed by atoms with Crippen LogP contribution < -0.4 is 5.32 Å². The van der Waals surface area contributed by atoms with Crippen LogP contribution in [0.25, 0.3) is 0 Å². The van der Waals surface area contributed by atoms with Crippen molar-refractivity contribution in [2.45, 2.75) is 31.7 Å². The highest BCUT2D eigenvalue weighted by Crippen LogP contribution is 2.34. The summed E-state index contributed by atoms with van der Waals surface area (Å²) in [6.07, 6.45) is 1.69. The lowest BCUT2D eigenvalue weighted by Crippen LogP contribution is -2.40. The molecule has 1 N–H and O–H groups in total. The van der Waals surface area contributed by atoms with E-state index in [0.717, 1.165) is 12.8 Å². The predicted octanol–water partition coefficient (Wildman–Crippen LogP) is 2.46. The number of benzene rings is 1. The average molecular weight is 238 g/mol. The molecular weight excluding hydrogens is 222 g/mol. The van der Waals surface area contributed by atoms with Crippen molar-refractivity contribution >= 4 is 17.5 Å². The first-order valence-electron chi connectivity index (χ1n) is 5.66. The van der Waals surface area contributed by atoms with E-state index in [1.165, 1.54) is 11.1 Å². The first-order valence-corrected chi connectivity index (χ1v) is 6.20. The Kier molecular flexibility index (Phi) is 3.49. The van der Waals surface area contributed by atoms with Crippen LogP contribution in [0.5, 0.6) is 0 Å². The van der Waals surface area contributed by atoms with Gasteiger partial charge in [0.1, 0.15) is 0 Å². The summed E-state index contributed by atoms with van der Waals surface area (Å²) in [6.45, 7) is 1.99. The number of nitrogens with one attached hydrogen (secondary N) is 1. The van der Waals surface area contributed by atoms with Crippen LogP contribution in [0.3, 0.4) is 0 Å². The van der Waals surface area contributed by atoms with E-state index in [2.05, 4.69) is 11.4 Å². The molecule has 0 heterocycles. The van der Waals surface area contributed by atoms with E-state index >= 15 is 0 Å². The number of amides is 1. The Labute approximate surface area is 101 Å². The summed E-state index contributed by atoms with van der Waals surface area (Å²) in [5.74, 6) is 0.771. The number of alkyl halides is 1. The van der Waals surface area contributed by atoms with Crippen molar-refractivity contribution in [1.29, 1.82) is 0 Å². The molecule has 1 aliphatic carbocycles. The molecule has 0 saturated heterocycles. The Morgan fingerprint density at radius 2 is 2.31 bits per heavy atom. The van der Waals surface area contributed by atoms with Gasteiger partial charge >= 0.3 is 0 Å². The molecule has 3 heteroatoms. The zero-order chi connectivity index (χ0) is 11.5. The summed E-state index contributed by atoms with van der Waals surface area (Å²) in [7, 11) is 0. The topological polar surface area (TPSA) is 29.1 Å². The second-order valence-electron chi connectivity index (χ2n) is 4.34. The third-order valence-electron chi connectivity index (χ3n) is 3.10. The average Bonchev–Trinajstić information content (AvgIpc) is 2.20. The molecule has 2 atom stereocenters. The van der Waals surface area contributed by atoms with Crippen molar-refractivity contribution in [3.8, 4) is 0 Å². The minimum Gasteiger partial charge on any atom is -0.353 e. The van der Waals surface area contributed by atoms with Crippen LogP contribution in [0.15, 0.2) is 24.3 Å². The minimum absolute atomic E-state index is 0.0500. The fourth-order valence-electron chi connectivity index (χ4n) is 2.07. The highest BCUT2D eigenvalue weighted by atomic mass is 35.5. The van der Waals surface area contributed by atoms with Gasteiger partial charge in [0, 0.05) is 11.9 Å². The van der Waals surface area contributed by atoms with E-state index in [0.29, 0.717) is 5.88 Å². The van der Waals surface area contributed by atoms with Gasteiger partial charge in [-0.2, -0.15) is 0 Å². The third-order valence-corrected chi connectivity index (χ3v) is 3.32. The van der Waals surface area contributed by atoms with Crippen LogP contribution in [0.1, 0.15) is 30.4 Å². The summed E-state index contributed by atoms with van der Waals surface area (Å²) in [5, 5.41) is 3.00. The summed E-state index contributed by atoms with van der Waals surface area (Å²) < 4.78 is 0. The minimum atomic E-state index is 0.0500. The van der Waals surface area contributed by atoms with Crippen molar-refractivity contribution in [3.63, 3.8) is 0 Å². The highest BCUT2D eigenvalue weighted by Gasteiger charge is 2.31. The molecule has 2 unspecified atom stereocenters. The Morgan fingerprint density at radius 1 is 1.56 bits per heavy atom. The van der Waals surface area contributed by atoms with E-state index in [4.69, 9.17) is 11.6 Å². The van der Waals surface area contributed by atoms with Crippen molar-refractivity contribution in [2.24, 2.45) is 0 Å². The lowest BCUT2D eigenvalue weighted by Gasteiger charge is -2.30. The van der Waals surface area contributed by atoms with E-state index < -0.39 is 0 Å². The van der Waals surface area contributed by atoms with Gasteiger partial charge < -0.3 is 5.32 Å². The second-order valence-corrected chi connectivity index (χ2v) is 4.72. The first-order chi connectivity index (χ1) is 7.72. The number of fused-ring (bicyclic) bond motifs is 1. The van der Waals surface area contributed by atoms with Crippen LogP contribution in [0.4, 0.5) is 0 Å². The van der Waals surface area contributed by atoms with Gasteiger partial charge in [-0.25, -0.2) is 0 Å². The smallest absolute Gasteiger partial charge is 0.228 e. The van der Waals surface area contributed by atoms with Crippen molar-refractivity contribution in [1.82, 2.24) is 5.32 Å². The molecule has 0 aromatic heterocycles. The van der Waals surface area contributed by atoms with E-state index in [1.807, 2.05) is 25.1 Å². The molecule has 86 valence electrons. The van der Waals surface area contributed by atoms with Gasteiger partial charge in [0.2, 0.25) is 5.91 Å². The predicted molar refractivity (Wildman–Crippen MR) is 65.8 cm³/mol. The van der Waals surface area contributed by atoms with Crippen LogP contribution >= 0.6 is 11.6 Å². The van der Waals surface area contributed by atoms with Gasteiger partial charge in [0.15, 0.2) is 0 Å². The molecule has 0 bridgehead atoms. The van der Waals surface area contributed by atoms with Gasteiger partial charge in [-0.3, -0.25) is 4.79 Å². The molecule has 0 fully saturated rings. The number of rotatable bonds is 4. The zero-order valence-corrected chi connectivity index (χ0v) is 10.1. The molecule has 2 nitrogen and oxygen atoms in total. The van der Waals surface area contributed by atoms with Crippen LogP contribution in [0, 0.1) is 0 Å². The lowest BCUT2D eigenvalue weighted by molar-refractivity contribution is -0.123. The molecular formula is C13H16ClNO. The van der Waals surface area contributed by atoms with Crippen LogP contribution in [-0.2, 0) is 11.2 Å². The Bertz CT molecular complexity index is 391. The van der Waals surface area contributed by atoms with E-state index in [9.17, 15) is 4.79 Å². The maximum absolute atomic E-state index is 11.9. The van der Waals surface area contributed by atoms with Gasteiger partial charge in [0.25, 0.3) is 0 Å². The fraction of sp³-hybridized carbons (Fsp3) is 0.462. The number of carbonyl (C=O) groups excluding carboxylic acids is 1. The Morgan fingerprint density at radius 3 is 3.00 bits per heavy atom. The highest BCUT2D eigenvalue weighted by molar-refractivity contribution is 6.17. The maximum atomic E-state index is 11.9. The van der Waals surface area contributed by atoms with Crippen LogP contribution in [-0.4, -0.2) is 17.8 Å².